The summed E-state index contributed by atoms with van der Waals surface area (Å²) in [7, 11) is 0. The fraction of sp³-hybridized carbons (Fsp3) is 0.366. The molecule has 5 aliphatic heterocycles. The third-order valence-electron chi connectivity index (χ3n) is 22.3. The van der Waals surface area contributed by atoms with Gasteiger partial charge in [-0.1, -0.05) is 152 Å². The molecular formula is C93H100N18O20. The highest BCUT2D eigenvalue weighted by Gasteiger charge is 2.57. The van der Waals surface area contributed by atoms with Crippen LogP contribution in [-0.4, -0.2) is 209 Å². The molecule has 6 amide bonds. The number of nitrogens with zero attached hydrogens (tertiary/aromatic N) is 12. The van der Waals surface area contributed by atoms with Crippen molar-refractivity contribution < 1.29 is 95.1 Å². The van der Waals surface area contributed by atoms with Crippen molar-refractivity contribution in [3.63, 3.8) is 0 Å². The van der Waals surface area contributed by atoms with Gasteiger partial charge < -0.3 is 86.8 Å². The number of hydrogen-bond donors (Lipinski definition) is 6. The Labute approximate surface area is 752 Å². The number of aromatic nitrogens is 12. The average Bonchev–Trinajstić information content (AvgIpc) is 1.60. The Hall–Kier alpha value is -13.5. The lowest BCUT2D eigenvalue weighted by atomic mass is 10.1. The van der Waals surface area contributed by atoms with Crippen LogP contribution in [-0.2, 0) is 86.1 Å². The highest BCUT2D eigenvalue weighted by molar-refractivity contribution is 5.98. The van der Waals surface area contributed by atoms with Crippen molar-refractivity contribution in [3.8, 4) is 0 Å². The number of urea groups is 3. The molecule has 1 aliphatic carbocycles. The minimum absolute atomic E-state index is 0.0166. The number of imidazole rings is 3. The van der Waals surface area contributed by atoms with Crippen molar-refractivity contribution in [2.24, 2.45) is 5.92 Å². The first kappa shape index (κ1) is 90.8. The summed E-state index contributed by atoms with van der Waals surface area (Å²) in [5.41, 5.74) is 9.19. The molecule has 131 heavy (non-hydrogen) atoms. The maximum Gasteiger partial charge on any atom is 0.338 e. The van der Waals surface area contributed by atoms with Gasteiger partial charge in [-0.2, -0.15) is 0 Å². The molecule has 12 aromatic rings. The molecule has 38 heteroatoms. The smallest absolute Gasteiger partial charge is 0.338 e. The second-order valence-electron chi connectivity index (χ2n) is 30.7. The van der Waals surface area contributed by atoms with Crippen LogP contribution in [0.1, 0.15) is 143 Å². The molecule has 682 valence electrons. The molecule has 38 nitrogen and oxygen atoms in total. The van der Waals surface area contributed by atoms with E-state index in [4.69, 9.17) is 66.3 Å². The Kier molecular flexibility index (Phi) is 30.0. The molecule has 0 radical (unpaired) electrons. The molecule has 6 aromatic carbocycles. The minimum Gasteiger partial charge on any atom is -0.462 e. The number of carbonyl (C=O) groups excluding carboxylic acids is 6. The molecule has 6 aliphatic rings. The van der Waals surface area contributed by atoms with E-state index in [0.717, 1.165) is 22.3 Å². The van der Waals surface area contributed by atoms with E-state index in [-0.39, 0.29) is 94.1 Å². The fourth-order valence-corrected chi connectivity index (χ4v) is 16.4. The van der Waals surface area contributed by atoms with Gasteiger partial charge in [0, 0.05) is 36.7 Å². The number of anilines is 3. The monoisotopic (exact) mass is 1790 g/mol. The lowest BCUT2D eigenvalue weighted by Gasteiger charge is -2.21. The standard InChI is InChI=1S/C33H36N6O6.2C30H32N6O7/c1-3-34-33(41)38-30-27-31(36-19-35-30)39(20-37-27)25-16-23(18-42-17-22-12-8-9-13-24(22)32(40)43-4-2)28-29(25)45-26(44-28)15-14-21-10-6-5-7-11-21;2*1-3-31-30(38)35-25-22-26(33-16-32-25)36(17-34-22)27-24-23(42-29(43-24)18-10-6-5-7-11-18)21(41-27)15-39-14-19-12-8-9-13-20(19)28(37)40-4-2/h5-15,19-20,23,25-26,28-29H,3-4,16-18H2,1-2H3,(H2,34,35,36,38,41);2*5-13,16-17,21,23-24,27,29H,3-4,14-15H2,1-2H3,(H2,31,32,33,35,38)/b15-14+;;/t23?,25?,26-,28?,29?;2*21?,23?,24?,27?,29-/m000/s1. The van der Waals surface area contributed by atoms with Gasteiger partial charge in [-0.05, 0) is 94.5 Å². The Morgan fingerprint density at radius 1 is 0.382 bits per heavy atom. The van der Waals surface area contributed by atoms with Crippen LogP contribution >= 0.6 is 0 Å². The predicted molar refractivity (Wildman–Crippen MR) is 472 cm³/mol. The molecular weight excluding hydrogens is 1690 g/mol. The van der Waals surface area contributed by atoms with Crippen molar-refractivity contribution in [2.75, 3.05) is 75.2 Å². The van der Waals surface area contributed by atoms with Crippen molar-refractivity contribution in [1.82, 2.24) is 74.5 Å². The highest BCUT2D eigenvalue weighted by Crippen LogP contribution is 2.49. The molecule has 5 saturated heterocycles. The van der Waals surface area contributed by atoms with Crippen LogP contribution in [0.3, 0.4) is 0 Å². The Morgan fingerprint density at radius 2 is 0.740 bits per heavy atom. The van der Waals surface area contributed by atoms with E-state index in [2.05, 4.69) is 76.8 Å². The Bertz CT molecular complexity index is 5720. The van der Waals surface area contributed by atoms with Crippen molar-refractivity contribution in [1.29, 1.82) is 0 Å². The first-order valence-electron chi connectivity index (χ1n) is 43.4. The van der Waals surface area contributed by atoms with Crippen molar-refractivity contribution in [2.45, 2.75) is 154 Å². The average molecular weight is 1790 g/mol. The van der Waals surface area contributed by atoms with Crippen LogP contribution in [0.4, 0.5) is 31.8 Å². The summed E-state index contributed by atoms with van der Waals surface area (Å²) in [6.07, 6.45) is 6.97. The van der Waals surface area contributed by atoms with Gasteiger partial charge in [-0.15, -0.1) is 0 Å². The van der Waals surface area contributed by atoms with Crippen LogP contribution in [0.15, 0.2) is 208 Å². The summed E-state index contributed by atoms with van der Waals surface area (Å²) < 4.78 is 91.0. The van der Waals surface area contributed by atoms with Gasteiger partial charge >= 0.3 is 36.0 Å². The van der Waals surface area contributed by atoms with E-state index in [0.29, 0.717) is 106 Å². The summed E-state index contributed by atoms with van der Waals surface area (Å²) in [5, 5.41) is 16.2. The maximum absolute atomic E-state index is 12.5. The van der Waals surface area contributed by atoms with E-state index in [1.165, 1.54) is 19.0 Å². The number of amides is 6. The van der Waals surface area contributed by atoms with Gasteiger partial charge in [-0.25, -0.2) is 73.6 Å². The molecule has 6 aromatic heterocycles. The number of hydrogen-bond acceptors (Lipinski definition) is 29. The number of esters is 3. The number of carbonyl (C=O) groups is 6. The van der Waals surface area contributed by atoms with Gasteiger partial charge in [0.25, 0.3) is 0 Å². The number of nitrogens with one attached hydrogen (secondary N) is 6. The summed E-state index contributed by atoms with van der Waals surface area (Å²) in [6, 6.07) is 49.7. The van der Waals surface area contributed by atoms with Gasteiger partial charge in [0.1, 0.15) is 61.7 Å². The zero-order valence-corrected chi connectivity index (χ0v) is 72.6. The van der Waals surface area contributed by atoms with Gasteiger partial charge in [0.15, 0.2) is 82.3 Å². The summed E-state index contributed by atoms with van der Waals surface area (Å²) in [4.78, 5) is 113. The topological polar surface area (TPSA) is 435 Å². The molecule has 6 N–H and O–H groups in total. The molecule has 12 unspecified atom stereocenters. The zero-order valence-electron chi connectivity index (χ0n) is 72.6. The second kappa shape index (κ2) is 43.3. The largest absolute Gasteiger partial charge is 0.462 e. The van der Waals surface area contributed by atoms with Crippen molar-refractivity contribution >= 4 is 93.0 Å². The number of fused-ring (bicyclic) bond motifs is 6. The predicted octanol–water partition coefficient (Wildman–Crippen LogP) is 12.2. The SMILES string of the molecule is CCNC(=O)Nc1ncnc2c1ncn2C1CC(COCc2ccccc2C(=O)OCC)C2O[C@H](/C=C/c3ccccc3)OC21.CCNC(=O)Nc1ncnc2c1ncn2C1OC(COCc2ccccc2C(=O)OCC)C2O[C@H](c3ccccc3)OC21.CCNC(=O)Nc1ncnc2c1ncn2C1OC(COCc2ccccc2C(=O)OCC)C2O[C@H](c3ccccc3)OC21. The molecule has 0 bridgehead atoms. The van der Waals surface area contributed by atoms with E-state index >= 15 is 0 Å². The molecule has 0 spiro atoms. The first-order valence-corrected chi connectivity index (χ1v) is 43.4. The van der Waals surface area contributed by atoms with Crippen LogP contribution < -0.4 is 31.9 Å². The Balaban J connectivity index is 0.000000144. The van der Waals surface area contributed by atoms with Crippen LogP contribution in [0.5, 0.6) is 0 Å². The summed E-state index contributed by atoms with van der Waals surface area (Å²) >= 11 is 0. The minimum atomic E-state index is -0.656. The number of benzene rings is 6. The van der Waals surface area contributed by atoms with Gasteiger partial charge in [0.05, 0.1) is 107 Å². The van der Waals surface area contributed by atoms with Crippen LogP contribution in [0.25, 0.3) is 39.6 Å². The van der Waals surface area contributed by atoms with E-state index in [1.54, 1.807) is 79.2 Å². The van der Waals surface area contributed by atoms with E-state index < -0.39 is 92.0 Å². The van der Waals surface area contributed by atoms with Crippen molar-refractivity contribution in [3.05, 3.63) is 258 Å². The van der Waals surface area contributed by atoms with E-state index in [9.17, 15) is 28.8 Å². The fourth-order valence-electron chi connectivity index (χ4n) is 16.4. The molecule has 18 rings (SSSR count). The Morgan fingerprint density at radius 3 is 1.15 bits per heavy atom. The normalized spacial score (nSPS) is 22.7. The first-order chi connectivity index (χ1) is 64.2. The van der Waals surface area contributed by atoms with Crippen LogP contribution in [0.2, 0.25) is 0 Å². The lowest BCUT2D eigenvalue weighted by molar-refractivity contribution is -0.158. The number of ether oxygens (including phenoxy) is 14. The quantitative estimate of drug-likeness (QED) is 0.0174. The molecule has 15 atom stereocenters. The number of rotatable bonds is 31. The maximum atomic E-state index is 12.5. The third-order valence-corrected chi connectivity index (χ3v) is 22.3. The highest BCUT2D eigenvalue weighted by atomic mass is 16.8. The van der Waals surface area contributed by atoms with Gasteiger partial charge in [-0.3, -0.25) is 25.1 Å². The summed E-state index contributed by atoms with van der Waals surface area (Å²) in [6.45, 7) is 14.4. The van der Waals surface area contributed by atoms with E-state index in [1.807, 2.05) is 171 Å². The zero-order chi connectivity index (χ0) is 90.7. The summed E-state index contributed by atoms with van der Waals surface area (Å²) in [5.74, 6) is -0.304. The van der Waals surface area contributed by atoms with Gasteiger partial charge in [0.2, 0.25) is 0 Å². The second-order valence-corrected chi connectivity index (χ2v) is 30.7. The molecule has 1 saturated carbocycles. The van der Waals surface area contributed by atoms with Crippen LogP contribution in [0, 0.1) is 5.92 Å². The lowest BCUT2D eigenvalue weighted by Crippen LogP contribution is -2.31. The third kappa shape index (κ3) is 21.0. The molecule has 11 heterocycles. The molecule has 6 fully saturated rings.